The second kappa shape index (κ2) is 11.5. The molecule has 2 amide bonds. The maximum Gasteiger partial charge on any atom is 0.324 e. The number of amides is 2. The molecule has 0 spiro atoms. The Labute approximate surface area is 219 Å². The Hall–Kier alpha value is -4.73. The van der Waals surface area contributed by atoms with Gasteiger partial charge < -0.3 is 30.0 Å². The molecular weight excluding hydrogens is 488 g/mol. The molecule has 0 saturated heterocycles. The van der Waals surface area contributed by atoms with Crippen molar-refractivity contribution in [2.45, 2.75) is 26.3 Å². The number of phenols is 1. The molecule has 2 aromatic heterocycles. The van der Waals surface area contributed by atoms with Crippen LogP contribution in [0.25, 0.3) is 22.2 Å². The number of benzene rings is 2. The molecule has 0 radical (unpaired) electrons. The minimum atomic E-state index is -0.685. The minimum Gasteiger partial charge on any atom is -0.508 e. The van der Waals surface area contributed by atoms with E-state index in [4.69, 9.17) is 14.2 Å². The number of phenolic OH excluding ortho intramolecular Hbond substituents is 1. The second-order valence-corrected chi connectivity index (χ2v) is 8.47. The molecule has 3 N–H and O–H groups in total. The van der Waals surface area contributed by atoms with Crippen LogP contribution in [0.3, 0.4) is 0 Å². The SMILES string of the molecule is CCCCn1c(=O)c(NC(=O)Nc2c(OC)cc(OC)cc2OC)c(-c2cccc(O)c2)c2cccnc21. The number of aromatic hydroxyl groups is 1. The van der Waals surface area contributed by atoms with Crippen LogP contribution in [0.2, 0.25) is 0 Å². The van der Waals surface area contributed by atoms with E-state index in [1.54, 1.807) is 41.1 Å². The molecule has 10 nitrogen and oxygen atoms in total. The lowest BCUT2D eigenvalue weighted by molar-refractivity contribution is 0.261. The predicted molar refractivity (Wildman–Crippen MR) is 147 cm³/mol. The van der Waals surface area contributed by atoms with Crippen LogP contribution < -0.4 is 30.4 Å². The first kappa shape index (κ1) is 26.3. The standard InChI is InChI=1S/C28H30N4O6/c1-5-6-13-32-26-20(11-8-12-29-26)23(17-9-7-10-18(33)14-17)25(27(32)34)31-28(35)30-24-21(37-3)15-19(36-2)16-22(24)38-4/h7-12,14-16,33H,5-6,13H2,1-4H3,(H2,30,31,35). The van der Waals surface area contributed by atoms with Crippen molar-refractivity contribution in [3.63, 3.8) is 0 Å². The molecule has 0 aliphatic carbocycles. The molecule has 0 fully saturated rings. The molecule has 0 atom stereocenters. The monoisotopic (exact) mass is 518 g/mol. The Morgan fingerprint density at radius 1 is 0.974 bits per heavy atom. The van der Waals surface area contributed by atoms with E-state index in [1.807, 2.05) is 13.0 Å². The molecule has 0 bridgehead atoms. The maximum atomic E-state index is 13.8. The summed E-state index contributed by atoms with van der Waals surface area (Å²) in [6.45, 7) is 2.46. The molecule has 2 aromatic carbocycles. The number of aromatic nitrogens is 2. The largest absolute Gasteiger partial charge is 0.508 e. The molecule has 4 aromatic rings. The number of rotatable bonds is 9. The number of aryl methyl sites for hydroxylation is 1. The summed E-state index contributed by atoms with van der Waals surface area (Å²) in [5.74, 6) is 1.13. The fraction of sp³-hybridized carbons (Fsp3) is 0.250. The lowest BCUT2D eigenvalue weighted by Crippen LogP contribution is -2.30. The molecule has 38 heavy (non-hydrogen) atoms. The van der Waals surface area contributed by atoms with Gasteiger partial charge in [0.15, 0.2) is 0 Å². The highest BCUT2D eigenvalue weighted by Crippen LogP contribution is 2.39. The summed E-state index contributed by atoms with van der Waals surface area (Å²) in [6.07, 6.45) is 3.25. The highest BCUT2D eigenvalue weighted by atomic mass is 16.5. The number of carbonyl (C=O) groups excluding carboxylic acids is 1. The predicted octanol–water partition coefficient (Wildman–Crippen LogP) is 5.24. The maximum absolute atomic E-state index is 13.8. The molecule has 2 heterocycles. The molecule has 4 rings (SSSR count). The summed E-state index contributed by atoms with van der Waals surface area (Å²) in [4.78, 5) is 31.7. The van der Waals surface area contributed by atoms with Crippen molar-refractivity contribution in [3.8, 4) is 34.1 Å². The minimum absolute atomic E-state index is 0.0257. The number of urea groups is 1. The van der Waals surface area contributed by atoms with Crippen molar-refractivity contribution >= 4 is 28.4 Å². The van der Waals surface area contributed by atoms with Crippen LogP contribution in [0, 0.1) is 0 Å². The first-order chi connectivity index (χ1) is 18.4. The van der Waals surface area contributed by atoms with E-state index >= 15 is 0 Å². The first-order valence-electron chi connectivity index (χ1n) is 12.1. The molecule has 0 aliphatic rings. The number of anilines is 2. The topological polar surface area (TPSA) is 124 Å². The van der Waals surface area contributed by atoms with Crippen LogP contribution in [-0.2, 0) is 6.54 Å². The average Bonchev–Trinajstić information content (AvgIpc) is 2.93. The van der Waals surface area contributed by atoms with Crippen LogP contribution >= 0.6 is 0 Å². The van der Waals surface area contributed by atoms with Crippen molar-refractivity contribution in [3.05, 3.63) is 65.1 Å². The van der Waals surface area contributed by atoms with Gasteiger partial charge in [-0.1, -0.05) is 25.5 Å². The summed E-state index contributed by atoms with van der Waals surface area (Å²) in [7, 11) is 4.43. The quantitative estimate of drug-likeness (QED) is 0.277. The Morgan fingerprint density at radius 3 is 2.32 bits per heavy atom. The third-order valence-corrected chi connectivity index (χ3v) is 6.08. The van der Waals surface area contributed by atoms with E-state index in [2.05, 4.69) is 15.6 Å². The number of hydrogen-bond acceptors (Lipinski definition) is 7. The van der Waals surface area contributed by atoms with Gasteiger partial charge in [-0.2, -0.15) is 0 Å². The van der Waals surface area contributed by atoms with Gasteiger partial charge in [0, 0.05) is 35.8 Å². The van der Waals surface area contributed by atoms with Crippen molar-refractivity contribution < 1.29 is 24.1 Å². The Balaban J connectivity index is 1.87. The molecule has 0 aliphatic heterocycles. The first-order valence-corrected chi connectivity index (χ1v) is 12.1. The third-order valence-electron chi connectivity index (χ3n) is 6.08. The van der Waals surface area contributed by atoms with Gasteiger partial charge in [0.05, 0.1) is 21.3 Å². The highest BCUT2D eigenvalue weighted by molar-refractivity contribution is 6.08. The fourth-order valence-electron chi connectivity index (χ4n) is 4.27. The van der Waals surface area contributed by atoms with Crippen LogP contribution in [-0.4, -0.2) is 42.0 Å². The van der Waals surface area contributed by atoms with E-state index in [-0.39, 0.29) is 17.1 Å². The van der Waals surface area contributed by atoms with Gasteiger partial charge in [-0.15, -0.1) is 0 Å². The molecule has 198 valence electrons. The van der Waals surface area contributed by atoms with Gasteiger partial charge in [-0.05, 0) is 36.2 Å². The van der Waals surface area contributed by atoms with Crippen LogP contribution in [0.5, 0.6) is 23.0 Å². The number of nitrogens with zero attached hydrogens (tertiary/aromatic N) is 2. The number of hydrogen-bond donors (Lipinski definition) is 3. The van der Waals surface area contributed by atoms with Crippen molar-refractivity contribution in [2.24, 2.45) is 0 Å². The van der Waals surface area contributed by atoms with Gasteiger partial charge in [0.1, 0.15) is 40.0 Å². The lowest BCUT2D eigenvalue weighted by Gasteiger charge is -2.19. The van der Waals surface area contributed by atoms with Gasteiger partial charge in [0.2, 0.25) is 0 Å². The molecule has 0 saturated carbocycles. The van der Waals surface area contributed by atoms with Crippen molar-refractivity contribution in [1.82, 2.24) is 9.55 Å². The zero-order valence-corrected chi connectivity index (χ0v) is 21.7. The summed E-state index contributed by atoms with van der Waals surface area (Å²) in [5, 5.41) is 16.3. The Morgan fingerprint density at radius 2 is 1.68 bits per heavy atom. The van der Waals surface area contributed by atoms with Crippen LogP contribution in [0.4, 0.5) is 16.2 Å². The summed E-state index contributed by atoms with van der Waals surface area (Å²) >= 11 is 0. The number of fused-ring (bicyclic) bond motifs is 1. The highest BCUT2D eigenvalue weighted by Gasteiger charge is 2.22. The van der Waals surface area contributed by atoms with Gasteiger partial charge in [0.25, 0.3) is 5.56 Å². The van der Waals surface area contributed by atoms with E-state index in [1.165, 1.54) is 33.5 Å². The summed E-state index contributed by atoms with van der Waals surface area (Å²) in [5.41, 5.74) is 1.40. The van der Waals surface area contributed by atoms with Gasteiger partial charge in [-0.3, -0.25) is 9.36 Å². The zero-order valence-electron chi connectivity index (χ0n) is 21.7. The van der Waals surface area contributed by atoms with Crippen molar-refractivity contribution in [2.75, 3.05) is 32.0 Å². The normalized spacial score (nSPS) is 10.7. The van der Waals surface area contributed by atoms with Crippen molar-refractivity contribution in [1.29, 1.82) is 0 Å². The van der Waals surface area contributed by atoms with E-state index < -0.39 is 11.6 Å². The van der Waals surface area contributed by atoms with E-state index in [0.717, 1.165) is 12.8 Å². The summed E-state index contributed by atoms with van der Waals surface area (Å²) in [6, 6.07) is 12.6. The van der Waals surface area contributed by atoms with Crippen LogP contribution in [0.15, 0.2) is 59.5 Å². The number of ether oxygens (including phenoxy) is 3. The Bertz CT molecular complexity index is 1510. The summed E-state index contributed by atoms with van der Waals surface area (Å²) < 4.78 is 17.7. The smallest absolute Gasteiger partial charge is 0.324 e. The average molecular weight is 519 g/mol. The Kier molecular flexibility index (Phi) is 8.00. The molecule has 10 heteroatoms. The third kappa shape index (κ3) is 5.19. The lowest BCUT2D eigenvalue weighted by atomic mass is 10.00. The van der Waals surface area contributed by atoms with Gasteiger partial charge in [-0.25, -0.2) is 9.78 Å². The molecular formula is C28H30N4O6. The number of pyridine rings is 2. The van der Waals surface area contributed by atoms with Gasteiger partial charge >= 0.3 is 6.03 Å². The fourth-order valence-corrected chi connectivity index (χ4v) is 4.27. The van der Waals surface area contributed by atoms with Crippen LogP contribution in [0.1, 0.15) is 19.8 Å². The van der Waals surface area contributed by atoms with E-state index in [0.29, 0.717) is 46.0 Å². The number of nitrogens with one attached hydrogen (secondary N) is 2. The number of unbranched alkanes of at least 4 members (excludes halogenated alkanes) is 1. The number of methoxy groups -OCH3 is 3. The number of carbonyl (C=O) groups is 1. The molecule has 0 unspecified atom stereocenters. The zero-order chi connectivity index (χ0) is 27.2. The van der Waals surface area contributed by atoms with E-state index in [9.17, 15) is 14.7 Å². The second-order valence-electron chi connectivity index (χ2n) is 8.47.